The number of hydrogen-bond acceptors (Lipinski definition) is 2. The molecule has 0 saturated heterocycles. The van der Waals surface area contributed by atoms with Crippen molar-refractivity contribution in [3.8, 4) is 0 Å². The number of benzene rings is 2. The quantitative estimate of drug-likeness (QED) is 0.746. The van der Waals surface area contributed by atoms with Gasteiger partial charge in [0.05, 0.1) is 0 Å². The molecule has 0 radical (unpaired) electrons. The number of carbonyl (C=O) groups is 2. The molecule has 6 heteroatoms. The third kappa shape index (κ3) is 5.28. The van der Waals surface area contributed by atoms with Gasteiger partial charge in [-0.1, -0.05) is 30.7 Å². The van der Waals surface area contributed by atoms with Crippen LogP contribution in [0.5, 0.6) is 0 Å². The standard InChI is InChI=1S/C18H20ClN3O2/c1-3-12(2)20-17(23)13-6-4-8-15(10-13)21-18(24)22-16-9-5-7-14(19)11-16/h4-12H,3H2,1-2H3,(H,20,23)(H2,21,22,24). The maximum Gasteiger partial charge on any atom is 0.323 e. The van der Waals surface area contributed by atoms with Gasteiger partial charge in [0, 0.05) is 28.0 Å². The first kappa shape index (κ1) is 17.8. The zero-order chi connectivity index (χ0) is 17.5. The summed E-state index contributed by atoms with van der Waals surface area (Å²) in [6, 6.07) is 13.3. The molecule has 126 valence electrons. The van der Waals surface area contributed by atoms with Crippen LogP contribution in [0.3, 0.4) is 0 Å². The van der Waals surface area contributed by atoms with Crippen LogP contribution in [0.25, 0.3) is 0 Å². The van der Waals surface area contributed by atoms with Crippen molar-refractivity contribution >= 4 is 34.9 Å². The number of anilines is 2. The zero-order valence-electron chi connectivity index (χ0n) is 13.6. The minimum Gasteiger partial charge on any atom is -0.350 e. The lowest BCUT2D eigenvalue weighted by Gasteiger charge is -2.12. The summed E-state index contributed by atoms with van der Waals surface area (Å²) in [5, 5.41) is 8.81. The molecule has 24 heavy (non-hydrogen) atoms. The molecule has 2 aromatic carbocycles. The van der Waals surface area contributed by atoms with Gasteiger partial charge in [-0.2, -0.15) is 0 Å². The SMILES string of the molecule is CCC(C)NC(=O)c1cccc(NC(=O)Nc2cccc(Cl)c2)c1. The lowest BCUT2D eigenvalue weighted by molar-refractivity contribution is 0.0939. The van der Waals surface area contributed by atoms with Gasteiger partial charge in [-0.3, -0.25) is 4.79 Å². The molecular weight excluding hydrogens is 326 g/mol. The summed E-state index contributed by atoms with van der Waals surface area (Å²) in [4.78, 5) is 24.2. The summed E-state index contributed by atoms with van der Waals surface area (Å²) >= 11 is 5.88. The monoisotopic (exact) mass is 345 g/mol. The van der Waals surface area contributed by atoms with Crippen molar-refractivity contribution in [2.75, 3.05) is 10.6 Å². The van der Waals surface area contributed by atoms with Crippen molar-refractivity contribution in [2.24, 2.45) is 0 Å². The Labute approximate surface area is 146 Å². The number of halogens is 1. The van der Waals surface area contributed by atoms with E-state index in [2.05, 4.69) is 16.0 Å². The van der Waals surface area contributed by atoms with Crippen LogP contribution in [0.1, 0.15) is 30.6 Å². The molecule has 0 aliphatic rings. The molecule has 0 fully saturated rings. The number of hydrogen-bond donors (Lipinski definition) is 3. The van der Waals surface area contributed by atoms with E-state index in [4.69, 9.17) is 11.6 Å². The fourth-order valence-corrected chi connectivity index (χ4v) is 2.20. The molecular formula is C18H20ClN3O2. The highest BCUT2D eigenvalue weighted by atomic mass is 35.5. The number of urea groups is 1. The second-order valence-electron chi connectivity index (χ2n) is 5.45. The molecule has 3 amide bonds. The first-order valence-corrected chi connectivity index (χ1v) is 8.10. The summed E-state index contributed by atoms with van der Waals surface area (Å²) in [5.41, 5.74) is 1.62. The smallest absolute Gasteiger partial charge is 0.323 e. The summed E-state index contributed by atoms with van der Waals surface area (Å²) in [7, 11) is 0. The Morgan fingerprint density at radius 2 is 1.67 bits per heavy atom. The van der Waals surface area contributed by atoms with Crippen LogP contribution >= 0.6 is 11.6 Å². The van der Waals surface area contributed by atoms with E-state index < -0.39 is 6.03 Å². The highest BCUT2D eigenvalue weighted by Crippen LogP contribution is 2.16. The molecule has 2 rings (SSSR count). The molecule has 5 nitrogen and oxygen atoms in total. The normalized spacial score (nSPS) is 11.5. The van der Waals surface area contributed by atoms with E-state index in [1.165, 1.54) is 0 Å². The Hall–Kier alpha value is -2.53. The molecule has 0 aromatic heterocycles. The van der Waals surface area contributed by atoms with Gasteiger partial charge in [-0.25, -0.2) is 4.79 Å². The summed E-state index contributed by atoms with van der Waals surface area (Å²) in [6.07, 6.45) is 0.853. The lowest BCUT2D eigenvalue weighted by Crippen LogP contribution is -2.32. The number of carbonyl (C=O) groups excluding carboxylic acids is 2. The number of amides is 3. The topological polar surface area (TPSA) is 70.2 Å². The Kier molecular flexibility index (Phi) is 6.21. The minimum absolute atomic E-state index is 0.0974. The third-order valence-corrected chi connectivity index (χ3v) is 3.69. The minimum atomic E-state index is -0.406. The summed E-state index contributed by atoms with van der Waals surface area (Å²) < 4.78 is 0. The van der Waals surface area contributed by atoms with Crippen LogP contribution in [0.2, 0.25) is 5.02 Å². The van der Waals surface area contributed by atoms with Crippen LogP contribution in [-0.4, -0.2) is 18.0 Å². The molecule has 1 unspecified atom stereocenters. The summed E-state index contributed by atoms with van der Waals surface area (Å²) in [5.74, 6) is -0.164. The highest BCUT2D eigenvalue weighted by Gasteiger charge is 2.10. The van der Waals surface area contributed by atoms with Crippen molar-refractivity contribution < 1.29 is 9.59 Å². The summed E-state index contributed by atoms with van der Waals surface area (Å²) in [6.45, 7) is 3.95. The highest BCUT2D eigenvalue weighted by molar-refractivity contribution is 6.30. The number of nitrogens with one attached hydrogen (secondary N) is 3. The fraction of sp³-hybridized carbons (Fsp3) is 0.222. The van der Waals surface area contributed by atoms with Crippen molar-refractivity contribution in [3.05, 3.63) is 59.1 Å². The predicted octanol–water partition coefficient (Wildman–Crippen LogP) is 4.51. The van der Waals surface area contributed by atoms with Crippen LogP contribution < -0.4 is 16.0 Å². The molecule has 0 bridgehead atoms. The fourth-order valence-electron chi connectivity index (χ4n) is 2.01. The number of rotatable bonds is 5. The maximum absolute atomic E-state index is 12.1. The van der Waals surface area contributed by atoms with Gasteiger partial charge in [0.15, 0.2) is 0 Å². The van der Waals surface area contributed by atoms with E-state index in [9.17, 15) is 9.59 Å². The van der Waals surface area contributed by atoms with Crippen LogP contribution in [0.15, 0.2) is 48.5 Å². The van der Waals surface area contributed by atoms with E-state index in [0.29, 0.717) is 22.0 Å². The van der Waals surface area contributed by atoms with Gasteiger partial charge in [0.25, 0.3) is 5.91 Å². The molecule has 2 aromatic rings. The van der Waals surface area contributed by atoms with Crippen molar-refractivity contribution in [2.45, 2.75) is 26.3 Å². The second-order valence-corrected chi connectivity index (χ2v) is 5.89. The Bertz CT molecular complexity index is 734. The molecule has 0 aliphatic carbocycles. The Balaban J connectivity index is 2.01. The average molecular weight is 346 g/mol. The van der Waals surface area contributed by atoms with Crippen molar-refractivity contribution in [1.82, 2.24) is 5.32 Å². The molecule has 0 aliphatic heterocycles. The van der Waals surface area contributed by atoms with E-state index in [1.807, 2.05) is 13.8 Å². The predicted molar refractivity (Wildman–Crippen MR) is 97.8 cm³/mol. The van der Waals surface area contributed by atoms with Gasteiger partial charge in [-0.15, -0.1) is 0 Å². The van der Waals surface area contributed by atoms with Gasteiger partial charge in [0.2, 0.25) is 0 Å². The van der Waals surface area contributed by atoms with Gasteiger partial charge in [0.1, 0.15) is 0 Å². The third-order valence-electron chi connectivity index (χ3n) is 3.45. The molecule has 1 atom stereocenters. The first-order valence-electron chi connectivity index (χ1n) is 7.72. The van der Waals surface area contributed by atoms with E-state index in [-0.39, 0.29) is 11.9 Å². The van der Waals surface area contributed by atoms with Crippen LogP contribution in [0, 0.1) is 0 Å². The lowest BCUT2D eigenvalue weighted by atomic mass is 10.1. The molecule has 0 heterocycles. The molecule has 0 spiro atoms. The van der Waals surface area contributed by atoms with Crippen LogP contribution in [-0.2, 0) is 0 Å². The second kappa shape index (κ2) is 8.36. The van der Waals surface area contributed by atoms with E-state index in [0.717, 1.165) is 6.42 Å². The van der Waals surface area contributed by atoms with E-state index in [1.54, 1.807) is 48.5 Å². The zero-order valence-corrected chi connectivity index (χ0v) is 14.4. The Morgan fingerprint density at radius 1 is 1.04 bits per heavy atom. The Morgan fingerprint density at radius 3 is 2.29 bits per heavy atom. The van der Waals surface area contributed by atoms with Crippen molar-refractivity contribution in [1.29, 1.82) is 0 Å². The van der Waals surface area contributed by atoms with Crippen LogP contribution in [0.4, 0.5) is 16.2 Å². The largest absolute Gasteiger partial charge is 0.350 e. The van der Waals surface area contributed by atoms with Gasteiger partial charge in [-0.05, 0) is 49.7 Å². The molecule has 0 saturated carbocycles. The molecule has 3 N–H and O–H groups in total. The van der Waals surface area contributed by atoms with Gasteiger partial charge < -0.3 is 16.0 Å². The maximum atomic E-state index is 12.1. The van der Waals surface area contributed by atoms with Crippen molar-refractivity contribution in [3.63, 3.8) is 0 Å². The van der Waals surface area contributed by atoms with Gasteiger partial charge >= 0.3 is 6.03 Å². The average Bonchev–Trinajstić information content (AvgIpc) is 2.54. The first-order chi connectivity index (χ1) is 11.5. The van der Waals surface area contributed by atoms with E-state index >= 15 is 0 Å².